The molecule has 1 aliphatic rings. The molecule has 0 aliphatic carbocycles. The monoisotopic (exact) mass is 411 g/mol. The lowest BCUT2D eigenvalue weighted by Crippen LogP contribution is -2.31. The normalized spacial score (nSPS) is 16.1. The summed E-state index contributed by atoms with van der Waals surface area (Å²) in [6.45, 7) is 0.543. The van der Waals surface area contributed by atoms with Gasteiger partial charge < -0.3 is 14.4 Å². The van der Waals surface area contributed by atoms with Crippen LogP contribution in [0.25, 0.3) is 0 Å². The third kappa shape index (κ3) is 3.80. The first-order valence-electron chi connectivity index (χ1n) is 9.41. The molecule has 7 heteroatoms. The molecule has 1 aromatic heterocycles. The number of ether oxygens (including phenoxy) is 2. The Bertz CT molecular complexity index is 1000. The van der Waals surface area contributed by atoms with Gasteiger partial charge in [-0.1, -0.05) is 11.6 Å². The number of fused-ring (bicyclic) bond motifs is 1. The number of nitrogens with zero attached hydrogens (tertiary/aromatic N) is 3. The maximum Gasteiger partial charge on any atom is 0.236 e. The lowest BCUT2D eigenvalue weighted by atomic mass is 10.00. The number of halogens is 1. The van der Waals surface area contributed by atoms with Gasteiger partial charge in [0, 0.05) is 41.4 Å². The number of anilines is 2. The summed E-state index contributed by atoms with van der Waals surface area (Å²) in [5, 5.41) is 0.669. The quantitative estimate of drug-likeness (QED) is 0.628. The third-order valence-electron chi connectivity index (χ3n) is 5.29. The van der Waals surface area contributed by atoms with Gasteiger partial charge in [-0.25, -0.2) is 4.98 Å². The maximum absolute atomic E-state index is 13.1. The zero-order chi connectivity index (χ0) is 20.4. The van der Waals surface area contributed by atoms with Gasteiger partial charge in [0.25, 0.3) is 0 Å². The van der Waals surface area contributed by atoms with Crippen LogP contribution in [0.3, 0.4) is 0 Å². The van der Waals surface area contributed by atoms with Crippen LogP contribution in [0.2, 0.25) is 5.02 Å². The van der Waals surface area contributed by atoms with Crippen molar-refractivity contribution in [3.8, 4) is 11.5 Å². The predicted octanol–water partition coefficient (Wildman–Crippen LogP) is 4.59. The SMILES string of the molecule is COc1cc2c(cc1OC)N(c1ccc(Cl)cc1)CC(C(=O)n1ccnc1)CC2. The van der Waals surface area contributed by atoms with Gasteiger partial charge >= 0.3 is 0 Å². The van der Waals surface area contributed by atoms with Crippen molar-refractivity contribution < 1.29 is 14.3 Å². The standard InChI is InChI=1S/C22H22ClN3O3/c1-28-20-11-15-3-4-16(22(27)25-10-9-24-14-25)13-26(19(15)12-21(20)29-2)18-7-5-17(23)6-8-18/h5-12,14,16H,3-4,13H2,1-2H3. The summed E-state index contributed by atoms with van der Waals surface area (Å²) in [5.74, 6) is 1.18. The molecule has 0 radical (unpaired) electrons. The average Bonchev–Trinajstić information content (AvgIpc) is 3.22. The molecular weight excluding hydrogens is 390 g/mol. The fraction of sp³-hybridized carbons (Fsp3) is 0.273. The molecule has 2 heterocycles. The minimum atomic E-state index is -0.190. The lowest BCUT2D eigenvalue weighted by molar-refractivity contribution is 0.0833. The van der Waals surface area contributed by atoms with Gasteiger partial charge in [-0.05, 0) is 48.7 Å². The summed E-state index contributed by atoms with van der Waals surface area (Å²) < 4.78 is 12.6. The molecule has 1 unspecified atom stereocenters. The topological polar surface area (TPSA) is 56.6 Å². The van der Waals surface area contributed by atoms with Crippen molar-refractivity contribution in [1.82, 2.24) is 9.55 Å². The number of hydrogen-bond donors (Lipinski definition) is 0. The second-order valence-electron chi connectivity index (χ2n) is 6.97. The van der Waals surface area contributed by atoms with Crippen LogP contribution in [0.5, 0.6) is 11.5 Å². The van der Waals surface area contributed by atoms with Crippen molar-refractivity contribution in [1.29, 1.82) is 0 Å². The summed E-state index contributed by atoms with van der Waals surface area (Å²) in [6, 6.07) is 11.6. The molecule has 0 saturated heterocycles. The number of aryl methyl sites for hydroxylation is 1. The van der Waals surface area contributed by atoms with Crippen molar-refractivity contribution in [3.63, 3.8) is 0 Å². The van der Waals surface area contributed by atoms with Crippen LogP contribution in [-0.4, -0.2) is 36.2 Å². The summed E-state index contributed by atoms with van der Waals surface area (Å²) >= 11 is 6.10. The van der Waals surface area contributed by atoms with Gasteiger partial charge in [0.2, 0.25) is 5.91 Å². The Kier molecular flexibility index (Phi) is 5.45. The van der Waals surface area contributed by atoms with E-state index in [4.69, 9.17) is 21.1 Å². The highest BCUT2D eigenvalue weighted by molar-refractivity contribution is 6.30. The molecule has 0 bridgehead atoms. The Hall–Kier alpha value is -2.99. The molecule has 0 amide bonds. The molecule has 4 rings (SSSR count). The molecule has 1 aliphatic heterocycles. The van der Waals surface area contributed by atoms with E-state index in [9.17, 15) is 4.79 Å². The number of rotatable bonds is 4. The summed E-state index contributed by atoms with van der Waals surface area (Å²) in [7, 11) is 3.25. The highest BCUT2D eigenvalue weighted by Crippen LogP contribution is 2.41. The van der Waals surface area contributed by atoms with Crippen LogP contribution in [0, 0.1) is 5.92 Å². The molecule has 29 heavy (non-hydrogen) atoms. The van der Waals surface area contributed by atoms with E-state index in [0.29, 0.717) is 23.1 Å². The first kappa shape index (κ1) is 19.3. The van der Waals surface area contributed by atoms with E-state index in [1.54, 1.807) is 37.5 Å². The molecule has 1 atom stereocenters. The number of carbonyl (C=O) groups is 1. The van der Waals surface area contributed by atoms with Crippen LogP contribution in [-0.2, 0) is 6.42 Å². The number of imidazole rings is 1. The lowest BCUT2D eigenvalue weighted by Gasteiger charge is -2.28. The first-order valence-corrected chi connectivity index (χ1v) is 9.78. The predicted molar refractivity (Wildman–Crippen MR) is 113 cm³/mol. The van der Waals surface area contributed by atoms with Gasteiger partial charge in [0.05, 0.1) is 20.1 Å². The van der Waals surface area contributed by atoms with E-state index in [1.807, 2.05) is 36.4 Å². The van der Waals surface area contributed by atoms with E-state index in [0.717, 1.165) is 29.8 Å². The molecule has 2 aromatic carbocycles. The molecule has 150 valence electrons. The molecule has 6 nitrogen and oxygen atoms in total. The van der Waals surface area contributed by atoms with Gasteiger partial charge in [-0.2, -0.15) is 0 Å². The maximum atomic E-state index is 13.1. The number of methoxy groups -OCH3 is 2. The molecule has 0 spiro atoms. The minimum absolute atomic E-state index is 0.0354. The highest BCUT2D eigenvalue weighted by atomic mass is 35.5. The zero-order valence-corrected chi connectivity index (χ0v) is 17.1. The van der Waals surface area contributed by atoms with E-state index in [1.165, 1.54) is 0 Å². The van der Waals surface area contributed by atoms with Gasteiger partial charge in [-0.15, -0.1) is 0 Å². The highest BCUT2D eigenvalue weighted by Gasteiger charge is 2.29. The van der Waals surface area contributed by atoms with Crippen LogP contribution in [0.4, 0.5) is 11.4 Å². The Morgan fingerprint density at radius 1 is 1.14 bits per heavy atom. The summed E-state index contributed by atoms with van der Waals surface area (Å²) in [4.78, 5) is 19.2. The average molecular weight is 412 g/mol. The number of carbonyl (C=O) groups excluding carboxylic acids is 1. The second kappa shape index (κ2) is 8.17. The molecule has 3 aromatic rings. The summed E-state index contributed by atoms with van der Waals surface area (Å²) in [5.41, 5.74) is 3.08. The van der Waals surface area contributed by atoms with Crippen molar-refractivity contribution in [2.75, 3.05) is 25.7 Å². The number of hydrogen-bond acceptors (Lipinski definition) is 5. The summed E-state index contributed by atoms with van der Waals surface area (Å²) in [6.07, 6.45) is 6.35. The Labute approximate surface area is 174 Å². The first-order chi connectivity index (χ1) is 14.1. The van der Waals surface area contributed by atoms with Crippen LogP contribution >= 0.6 is 11.6 Å². The van der Waals surface area contributed by atoms with Crippen molar-refractivity contribution >= 4 is 28.9 Å². The zero-order valence-electron chi connectivity index (χ0n) is 16.3. The van der Waals surface area contributed by atoms with Crippen molar-refractivity contribution in [2.45, 2.75) is 12.8 Å². The minimum Gasteiger partial charge on any atom is -0.493 e. The van der Waals surface area contributed by atoms with Crippen LogP contribution in [0.1, 0.15) is 16.8 Å². The number of benzene rings is 2. The van der Waals surface area contributed by atoms with Crippen LogP contribution < -0.4 is 14.4 Å². The fourth-order valence-corrected chi connectivity index (χ4v) is 3.90. The van der Waals surface area contributed by atoms with Crippen molar-refractivity contribution in [3.05, 3.63) is 65.7 Å². The van der Waals surface area contributed by atoms with Gasteiger partial charge in [0.1, 0.15) is 6.33 Å². The molecular formula is C22H22ClN3O3. The number of aromatic nitrogens is 2. The van der Waals surface area contributed by atoms with E-state index in [-0.39, 0.29) is 11.8 Å². The Balaban J connectivity index is 1.79. The second-order valence-corrected chi connectivity index (χ2v) is 7.40. The van der Waals surface area contributed by atoms with Gasteiger partial charge in [0.15, 0.2) is 11.5 Å². The van der Waals surface area contributed by atoms with Crippen molar-refractivity contribution in [2.24, 2.45) is 5.92 Å². The van der Waals surface area contributed by atoms with E-state index in [2.05, 4.69) is 9.88 Å². The van der Waals surface area contributed by atoms with E-state index >= 15 is 0 Å². The van der Waals surface area contributed by atoms with Crippen LogP contribution in [0.15, 0.2) is 55.1 Å². The molecule has 0 saturated carbocycles. The third-order valence-corrected chi connectivity index (χ3v) is 5.54. The Morgan fingerprint density at radius 2 is 1.86 bits per heavy atom. The Morgan fingerprint density at radius 3 is 2.52 bits per heavy atom. The van der Waals surface area contributed by atoms with Gasteiger partial charge in [-0.3, -0.25) is 9.36 Å². The smallest absolute Gasteiger partial charge is 0.236 e. The fourth-order valence-electron chi connectivity index (χ4n) is 3.77. The largest absolute Gasteiger partial charge is 0.493 e. The molecule has 0 fully saturated rings. The molecule has 0 N–H and O–H groups in total. The van der Waals surface area contributed by atoms with E-state index < -0.39 is 0 Å².